The number of carboxylic acid groups (broad SMARTS) is 1. The summed E-state index contributed by atoms with van der Waals surface area (Å²) >= 11 is 0. The number of carbonyl (C=O) groups excluding carboxylic acids is 1. The summed E-state index contributed by atoms with van der Waals surface area (Å²) in [5.74, 6) is -1.60. The number of non-ortho nitro benzene ring substituents is 1. The number of nitro benzene ring substituents is 1. The van der Waals surface area contributed by atoms with E-state index in [1.165, 1.54) is 24.3 Å². The van der Waals surface area contributed by atoms with Crippen LogP contribution in [0.4, 0.5) is 19.3 Å². The lowest BCUT2D eigenvalue weighted by Crippen LogP contribution is -2.43. The third-order valence-corrected chi connectivity index (χ3v) is 7.22. The minimum Gasteiger partial charge on any atom is -0.465 e. The Hall–Kier alpha value is -5.06. The Bertz CT molecular complexity index is 1630. The van der Waals surface area contributed by atoms with E-state index >= 15 is 0 Å². The summed E-state index contributed by atoms with van der Waals surface area (Å²) < 4.78 is 31.1. The molecule has 1 aromatic heterocycles. The standard InChI is InChI=1S/C33H34F2N4O5/c1-33(2,3)30(38(17-7-16-36-32(41)42)31(40)23-10-13-26(14-11-23)39(43)44)29-18-24(27-19-25(34)12-15-28(27)35)21-37(29)20-22-8-5-4-6-9-22/h4-6,8-15,18-19,21,30,36H,7,16-17,20H2,1-3H3,(H,41,42)/t30-/m0/s1. The van der Waals surface area contributed by atoms with Crippen LogP contribution < -0.4 is 5.32 Å². The summed E-state index contributed by atoms with van der Waals surface area (Å²) in [6, 6.07) is 19.2. The maximum atomic E-state index is 15.0. The molecule has 4 rings (SSSR count). The van der Waals surface area contributed by atoms with Gasteiger partial charge in [-0.25, -0.2) is 13.6 Å². The fourth-order valence-electron chi connectivity index (χ4n) is 5.30. The van der Waals surface area contributed by atoms with E-state index in [0.29, 0.717) is 17.8 Å². The van der Waals surface area contributed by atoms with Gasteiger partial charge in [0.2, 0.25) is 0 Å². The van der Waals surface area contributed by atoms with E-state index in [1.807, 2.05) is 55.7 Å². The zero-order valence-corrected chi connectivity index (χ0v) is 24.7. The molecule has 0 saturated carbocycles. The van der Waals surface area contributed by atoms with Crippen LogP contribution in [0.2, 0.25) is 0 Å². The van der Waals surface area contributed by atoms with Crippen molar-refractivity contribution in [2.24, 2.45) is 5.41 Å². The fraction of sp³-hybridized carbons (Fsp3) is 0.273. The van der Waals surface area contributed by atoms with Crippen molar-refractivity contribution in [1.29, 1.82) is 0 Å². The van der Waals surface area contributed by atoms with Crippen LogP contribution in [-0.4, -0.2) is 44.6 Å². The maximum Gasteiger partial charge on any atom is 0.404 e. The molecule has 9 nitrogen and oxygen atoms in total. The number of amides is 2. The number of rotatable bonds is 11. The molecule has 11 heteroatoms. The van der Waals surface area contributed by atoms with Gasteiger partial charge in [0.05, 0.1) is 11.0 Å². The molecule has 0 bridgehead atoms. The number of nitro groups is 1. The summed E-state index contributed by atoms with van der Waals surface area (Å²) in [7, 11) is 0. The molecule has 44 heavy (non-hydrogen) atoms. The molecule has 0 aliphatic carbocycles. The predicted molar refractivity (Wildman–Crippen MR) is 162 cm³/mol. The first kappa shape index (κ1) is 31.9. The lowest BCUT2D eigenvalue weighted by atomic mass is 9.82. The molecule has 3 aromatic carbocycles. The van der Waals surface area contributed by atoms with Gasteiger partial charge in [0, 0.05) is 60.3 Å². The van der Waals surface area contributed by atoms with Crippen molar-refractivity contribution in [2.45, 2.75) is 39.8 Å². The van der Waals surface area contributed by atoms with Crippen LogP contribution >= 0.6 is 0 Å². The fourth-order valence-corrected chi connectivity index (χ4v) is 5.30. The van der Waals surface area contributed by atoms with Crippen molar-refractivity contribution in [3.63, 3.8) is 0 Å². The van der Waals surface area contributed by atoms with E-state index in [0.717, 1.165) is 23.8 Å². The smallest absolute Gasteiger partial charge is 0.404 e. The van der Waals surface area contributed by atoms with Gasteiger partial charge in [-0.15, -0.1) is 0 Å². The van der Waals surface area contributed by atoms with Gasteiger partial charge < -0.3 is 19.9 Å². The molecule has 0 unspecified atom stereocenters. The molecule has 0 aliphatic heterocycles. The summed E-state index contributed by atoms with van der Waals surface area (Å²) in [5, 5.41) is 22.6. The highest BCUT2D eigenvalue weighted by atomic mass is 19.1. The summed E-state index contributed by atoms with van der Waals surface area (Å²) in [6.07, 6.45) is 0.825. The number of aromatic nitrogens is 1. The van der Waals surface area contributed by atoms with Crippen LogP contribution in [0.5, 0.6) is 0 Å². The topological polar surface area (TPSA) is 118 Å². The number of halogens is 2. The zero-order valence-electron chi connectivity index (χ0n) is 24.7. The first-order valence-corrected chi connectivity index (χ1v) is 14.1. The van der Waals surface area contributed by atoms with Crippen LogP contribution in [0, 0.1) is 27.2 Å². The maximum absolute atomic E-state index is 15.0. The molecule has 0 radical (unpaired) electrons. The Labute approximate surface area is 253 Å². The first-order valence-electron chi connectivity index (χ1n) is 14.1. The highest BCUT2D eigenvalue weighted by Gasteiger charge is 2.37. The van der Waals surface area contributed by atoms with Crippen LogP contribution in [0.1, 0.15) is 54.8 Å². The summed E-state index contributed by atoms with van der Waals surface area (Å²) in [5.41, 5.74) is 1.55. The van der Waals surface area contributed by atoms with Crippen molar-refractivity contribution >= 4 is 17.7 Å². The predicted octanol–water partition coefficient (Wildman–Crippen LogP) is 7.28. The quantitative estimate of drug-likeness (QED) is 0.106. The number of benzene rings is 3. The third-order valence-electron chi connectivity index (χ3n) is 7.22. The van der Waals surface area contributed by atoms with Gasteiger partial charge in [-0.3, -0.25) is 14.9 Å². The van der Waals surface area contributed by atoms with Crippen LogP contribution in [0.15, 0.2) is 85.1 Å². The zero-order chi connectivity index (χ0) is 32.0. The van der Waals surface area contributed by atoms with Crippen molar-refractivity contribution in [3.8, 4) is 11.1 Å². The molecular formula is C33H34F2N4O5. The molecule has 2 N–H and O–H groups in total. The van der Waals surface area contributed by atoms with Crippen molar-refractivity contribution in [2.75, 3.05) is 13.1 Å². The highest BCUT2D eigenvalue weighted by Crippen LogP contribution is 2.42. The minimum atomic E-state index is -1.19. The Morgan fingerprint density at radius 2 is 1.70 bits per heavy atom. The molecule has 0 spiro atoms. The summed E-state index contributed by atoms with van der Waals surface area (Å²) in [4.78, 5) is 37.6. The van der Waals surface area contributed by atoms with Crippen LogP contribution in [-0.2, 0) is 6.54 Å². The van der Waals surface area contributed by atoms with E-state index in [2.05, 4.69) is 5.32 Å². The second-order valence-electron chi connectivity index (χ2n) is 11.5. The van der Waals surface area contributed by atoms with E-state index in [1.54, 1.807) is 17.2 Å². The van der Waals surface area contributed by atoms with Gasteiger partial charge in [-0.2, -0.15) is 0 Å². The second kappa shape index (κ2) is 13.5. The highest BCUT2D eigenvalue weighted by molar-refractivity contribution is 5.94. The SMILES string of the molecule is CC(C)(C)[C@H](c1cc(-c2cc(F)ccc2F)cn1Cc1ccccc1)N(CCCNC(=O)O)C(=O)c1ccc([N+](=O)[O-])cc1. The molecule has 4 aromatic rings. The van der Waals surface area contributed by atoms with E-state index in [-0.39, 0.29) is 36.3 Å². The van der Waals surface area contributed by atoms with Crippen LogP contribution in [0.3, 0.4) is 0 Å². The van der Waals surface area contributed by atoms with Crippen molar-refractivity contribution in [1.82, 2.24) is 14.8 Å². The number of carbonyl (C=O) groups is 2. The lowest BCUT2D eigenvalue weighted by molar-refractivity contribution is -0.384. The van der Waals surface area contributed by atoms with Crippen molar-refractivity contribution < 1.29 is 28.4 Å². The van der Waals surface area contributed by atoms with E-state index in [4.69, 9.17) is 5.11 Å². The monoisotopic (exact) mass is 604 g/mol. The van der Waals surface area contributed by atoms with Gasteiger partial charge in [0.25, 0.3) is 11.6 Å². The third kappa shape index (κ3) is 7.66. The average Bonchev–Trinajstić information content (AvgIpc) is 3.37. The Balaban J connectivity index is 1.87. The number of hydrogen-bond donors (Lipinski definition) is 2. The molecule has 0 fully saturated rings. The van der Waals surface area contributed by atoms with E-state index < -0.39 is 40.0 Å². The number of nitrogens with zero attached hydrogens (tertiary/aromatic N) is 3. The Morgan fingerprint density at radius 3 is 2.32 bits per heavy atom. The normalized spacial score (nSPS) is 12.0. The van der Waals surface area contributed by atoms with Gasteiger partial charge in [0.15, 0.2) is 0 Å². The summed E-state index contributed by atoms with van der Waals surface area (Å²) in [6.45, 7) is 6.45. The number of hydrogen-bond acceptors (Lipinski definition) is 4. The van der Waals surface area contributed by atoms with Crippen LogP contribution in [0.25, 0.3) is 11.1 Å². The molecule has 2 amide bonds. The van der Waals surface area contributed by atoms with Gasteiger partial charge in [-0.1, -0.05) is 51.1 Å². The average molecular weight is 605 g/mol. The molecule has 1 heterocycles. The molecule has 230 valence electrons. The van der Waals surface area contributed by atoms with Gasteiger partial charge >= 0.3 is 6.09 Å². The van der Waals surface area contributed by atoms with Gasteiger partial charge in [0.1, 0.15) is 11.6 Å². The van der Waals surface area contributed by atoms with Crippen molar-refractivity contribution in [3.05, 3.63) is 124 Å². The lowest BCUT2D eigenvalue weighted by Gasteiger charge is -2.41. The number of nitrogens with one attached hydrogen (secondary N) is 1. The molecule has 1 atom stereocenters. The Morgan fingerprint density at radius 1 is 1.02 bits per heavy atom. The molecule has 0 saturated heterocycles. The first-order chi connectivity index (χ1) is 20.8. The second-order valence-corrected chi connectivity index (χ2v) is 11.5. The Kier molecular flexibility index (Phi) is 9.77. The van der Waals surface area contributed by atoms with E-state index in [9.17, 15) is 28.5 Å². The van der Waals surface area contributed by atoms with Gasteiger partial charge in [-0.05, 0) is 53.8 Å². The minimum absolute atomic E-state index is 0.0737. The molecular weight excluding hydrogens is 570 g/mol. The largest absolute Gasteiger partial charge is 0.465 e. The molecule has 0 aliphatic rings.